The highest BCUT2D eigenvalue weighted by atomic mass is 127. The van der Waals surface area contributed by atoms with Gasteiger partial charge in [0, 0.05) is 97.2 Å². The number of aliphatic hydroxyl groups excluding tert-OH is 1. The number of rotatable bonds is 21. The number of carbonyl (C=O) groups is 2. The first-order valence-electron chi connectivity index (χ1n) is 31.5. The Hall–Kier alpha value is -9.20. The maximum absolute atomic E-state index is 15.0. The molecule has 26 heteroatoms. The molecule has 0 saturated carbocycles. The molecule has 1 saturated heterocycles. The first-order valence-corrected chi connectivity index (χ1v) is 33.6. The summed E-state index contributed by atoms with van der Waals surface area (Å²) in [5.41, 5.74) is 0.647. The third kappa shape index (κ3) is 19.3. The standard InChI is InChI=1S/C34H33FIN5O5.C23H19FIN5O4.C11H16O2.C4H8O/c1-21-30-29(31(39(3)32(21)43)38-28-15-14-24(36)18-27(28)35)33(44)40(16-7-8-17-46-20-23-10-5-4-6-11-23)34(45)41(30)26-13-9-12-25(19-26)37-22(2)42;1-11-19-18(20(29(3)22(11)33)27-17-8-7-13(25)9-16(17)24)21(32)28-23(34)30(19)15-6-4-5-14(10-15)26-12(2)31;12-8-4-5-9-13-10-11-6-2-1-3-7-11;1-2-4-5-3-1/h4-6,9-15,18-19,38H,7-8,16-17,20H2,1-3H3,(H,37,42);4-10,27H,1-3H3,(H,26,31)(H,28,32,34);1-3,6-7,12H,4-5,8-10H2;1-4H2. The monoisotopic (exact) mass is 1560 g/mol. The summed E-state index contributed by atoms with van der Waals surface area (Å²) in [6.07, 6.45) is 5.36. The van der Waals surface area contributed by atoms with Gasteiger partial charge >= 0.3 is 11.4 Å². The van der Waals surface area contributed by atoms with Crippen LogP contribution in [-0.4, -0.2) is 77.8 Å². The molecule has 6 N–H and O–H groups in total. The van der Waals surface area contributed by atoms with Gasteiger partial charge in [-0.25, -0.2) is 18.4 Å². The highest BCUT2D eigenvalue weighted by Crippen LogP contribution is 2.30. The predicted octanol–water partition coefficient (Wildman–Crippen LogP) is 11.5. The summed E-state index contributed by atoms with van der Waals surface area (Å²) in [6.45, 7) is 10.4. The number of aromatic nitrogens is 6. The van der Waals surface area contributed by atoms with E-state index in [0.717, 1.165) is 42.8 Å². The minimum absolute atomic E-state index is 0.00193. The van der Waals surface area contributed by atoms with Crippen molar-refractivity contribution in [2.75, 3.05) is 54.3 Å². The fourth-order valence-corrected chi connectivity index (χ4v) is 11.6. The quantitative estimate of drug-likeness (QED) is 0.0288. The summed E-state index contributed by atoms with van der Waals surface area (Å²) in [5.74, 6) is -1.67. The van der Waals surface area contributed by atoms with Crippen LogP contribution in [0.25, 0.3) is 33.2 Å². The normalized spacial score (nSPS) is 11.6. The number of pyridine rings is 2. The molecule has 0 bridgehead atoms. The van der Waals surface area contributed by atoms with Crippen LogP contribution in [0.4, 0.5) is 43.2 Å². The number of nitrogens with zero attached hydrogens (tertiary/aromatic N) is 5. The molecule has 22 nitrogen and oxygen atoms in total. The van der Waals surface area contributed by atoms with Crippen LogP contribution < -0.4 is 54.9 Å². The van der Waals surface area contributed by atoms with Crippen molar-refractivity contribution in [2.45, 2.75) is 86.0 Å². The van der Waals surface area contributed by atoms with Crippen LogP contribution >= 0.6 is 45.2 Å². The first kappa shape index (κ1) is 74.6. The minimum atomic E-state index is -0.764. The lowest BCUT2D eigenvalue weighted by Crippen LogP contribution is -2.41. The Balaban J connectivity index is 0.000000204. The van der Waals surface area contributed by atoms with E-state index < -0.39 is 45.3 Å². The zero-order valence-corrected chi connectivity index (χ0v) is 59.3. The Morgan fingerprint density at radius 1 is 0.571 bits per heavy atom. The van der Waals surface area contributed by atoms with Gasteiger partial charge in [-0.3, -0.25) is 56.6 Å². The van der Waals surface area contributed by atoms with E-state index in [4.69, 9.17) is 19.3 Å². The maximum atomic E-state index is 15.0. The Kier molecular flexibility index (Phi) is 27.3. The van der Waals surface area contributed by atoms with Gasteiger partial charge in [-0.15, -0.1) is 0 Å². The highest BCUT2D eigenvalue weighted by Gasteiger charge is 2.25. The molecule has 1 aliphatic heterocycles. The first-order chi connectivity index (χ1) is 47.1. The van der Waals surface area contributed by atoms with Crippen molar-refractivity contribution in [3.63, 3.8) is 0 Å². The molecule has 514 valence electrons. The van der Waals surface area contributed by atoms with E-state index in [1.165, 1.54) is 95.8 Å². The number of carbonyl (C=O) groups excluding carboxylic acids is 2. The van der Waals surface area contributed by atoms with Crippen LogP contribution in [0.1, 0.15) is 74.6 Å². The van der Waals surface area contributed by atoms with Crippen molar-refractivity contribution in [1.29, 1.82) is 0 Å². The zero-order chi connectivity index (χ0) is 70.6. The van der Waals surface area contributed by atoms with Gasteiger partial charge in [0.1, 0.15) is 34.0 Å². The molecule has 98 heavy (non-hydrogen) atoms. The fraction of sp³-hybridized carbons (Fsp3) is 0.278. The number of aromatic amines is 1. The van der Waals surface area contributed by atoms with Gasteiger partial charge in [0.25, 0.3) is 22.2 Å². The number of ether oxygens (including phenoxy) is 3. The molecule has 11 rings (SSSR count). The molecule has 10 aromatic rings. The summed E-state index contributed by atoms with van der Waals surface area (Å²) in [4.78, 5) is 107. The molecule has 6 aromatic carbocycles. The molecular weight excluding hydrogens is 1490 g/mol. The molecule has 0 unspecified atom stereocenters. The number of anilines is 6. The molecule has 0 radical (unpaired) electrons. The van der Waals surface area contributed by atoms with Crippen molar-refractivity contribution in [3.05, 3.63) is 249 Å². The summed E-state index contributed by atoms with van der Waals surface area (Å²) in [6, 6.07) is 41.9. The van der Waals surface area contributed by atoms with Crippen molar-refractivity contribution in [1.82, 2.24) is 27.8 Å². The van der Waals surface area contributed by atoms with Crippen molar-refractivity contribution in [3.8, 4) is 11.4 Å². The number of aryl methyl sites for hydroxylation is 2. The van der Waals surface area contributed by atoms with E-state index in [9.17, 15) is 42.7 Å². The lowest BCUT2D eigenvalue weighted by molar-refractivity contribution is -0.115. The van der Waals surface area contributed by atoms with Gasteiger partial charge in [0.2, 0.25) is 11.8 Å². The smallest absolute Gasteiger partial charge is 0.336 e. The molecule has 1 fully saturated rings. The number of H-pyrrole nitrogens is 1. The Bertz CT molecular complexity index is 4850. The number of amides is 2. The van der Waals surface area contributed by atoms with Gasteiger partial charge in [0.05, 0.1) is 47.0 Å². The molecule has 0 spiro atoms. The Morgan fingerprint density at radius 3 is 1.48 bits per heavy atom. The number of hydrogen-bond donors (Lipinski definition) is 6. The van der Waals surface area contributed by atoms with Crippen LogP contribution in [0.3, 0.4) is 0 Å². The lowest BCUT2D eigenvalue weighted by atomic mass is 10.1. The number of aliphatic hydroxyl groups is 1. The van der Waals surface area contributed by atoms with Gasteiger partial charge < -0.3 is 40.6 Å². The van der Waals surface area contributed by atoms with Gasteiger partial charge in [-0.05, 0) is 181 Å². The lowest BCUT2D eigenvalue weighted by Gasteiger charge is -2.21. The number of benzene rings is 6. The molecule has 5 heterocycles. The van der Waals surface area contributed by atoms with Gasteiger partial charge in [-0.1, -0.05) is 72.8 Å². The third-order valence-corrected chi connectivity index (χ3v) is 16.8. The van der Waals surface area contributed by atoms with E-state index in [-0.39, 0.29) is 80.9 Å². The fourth-order valence-electron chi connectivity index (χ4n) is 10.7. The number of halogens is 4. The van der Waals surface area contributed by atoms with Crippen molar-refractivity contribution in [2.24, 2.45) is 14.1 Å². The average Bonchev–Trinajstić information content (AvgIpc) is 1.20. The summed E-state index contributed by atoms with van der Waals surface area (Å²) >= 11 is 3.96. The van der Waals surface area contributed by atoms with Crippen LogP contribution in [0, 0.1) is 32.6 Å². The van der Waals surface area contributed by atoms with Crippen molar-refractivity contribution < 1.29 is 37.7 Å². The Morgan fingerprint density at radius 2 is 1.03 bits per heavy atom. The molecule has 2 amide bonds. The number of fused-ring (bicyclic) bond motifs is 2. The van der Waals surface area contributed by atoms with E-state index >= 15 is 4.39 Å². The van der Waals surface area contributed by atoms with E-state index in [1.807, 2.05) is 106 Å². The summed E-state index contributed by atoms with van der Waals surface area (Å²) in [7, 11) is 2.94. The molecular formula is C72H76F2I2N10O12. The van der Waals surface area contributed by atoms with Crippen LogP contribution in [-0.2, 0) is 57.7 Å². The highest BCUT2D eigenvalue weighted by molar-refractivity contribution is 14.1. The molecule has 4 aromatic heterocycles. The minimum Gasteiger partial charge on any atom is -0.396 e. The second kappa shape index (κ2) is 35.9. The van der Waals surface area contributed by atoms with Crippen LogP contribution in [0.5, 0.6) is 0 Å². The summed E-state index contributed by atoms with van der Waals surface area (Å²) in [5, 5.41) is 19.7. The predicted molar refractivity (Wildman–Crippen MR) is 395 cm³/mol. The average molecular weight is 1570 g/mol. The van der Waals surface area contributed by atoms with Crippen LogP contribution in [0.2, 0.25) is 0 Å². The van der Waals surface area contributed by atoms with E-state index in [1.54, 1.807) is 67.6 Å². The number of unbranched alkanes of at least 4 members (excludes halogenated alkanes) is 2. The SMILES string of the molecule is C1CCOC1.CC(=O)Nc1cccc(-n2c(=O)[nH]c(=O)c3c(Nc4ccc(I)cc4F)n(C)c(=O)c(C)c32)c1.CC(=O)Nc1cccc(-n2c(=O)n(CCCCOCc3ccccc3)c(=O)c3c(Nc4ccc(I)cc4F)n(C)c(=O)c(C)c32)c1.OCCCCOCc1ccccc1. The second-order valence-corrected chi connectivity index (χ2v) is 25.3. The van der Waals surface area contributed by atoms with Crippen LogP contribution in [0.15, 0.2) is 174 Å². The molecule has 0 atom stereocenters. The Labute approximate surface area is 589 Å². The second-order valence-electron chi connectivity index (χ2n) is 22.8. The van der Waals surface area contributed by atoms with Gasteiger partial charge in [0.15, 0.2) is 0 Å². The van der Waals surface area contributed by atoms with Crippen molar-refractivity contribution >= 4 is 113 Å². The molecule has 0 aliphatic carbocycles. The molecule has 1 aliphatic rings. The summed E-state index contributed by atoms with van der Waals surface area (Å²) < 4.78 is 53.2. The number of nitrogens with one attached hydrogen (secondary N) is 5. The number of hydrogen-bond acceptors (Lipinski definition) is 14. The van der Waals surface area contributed by atoms with E-state index in [0.29, 0.717) is 62.6 Å². The zero-order valence-electron chi connectivity index (χ0n) is 54.9. The van der Waals surface area contributed by atoms with E-state index in [2.05, 4.69) is 26.3 Å². The van der Waals surface area contributed by atoms with Gasteiger partial charge in [-0.2, -0.15) is 0 Å². The topological polar surface area (TPSA) is 273 Å². The maximum Gasteiger partial charge on any atom is 0.336 e. The largest absolute Gasteiger partial charge is 0.396 e. The third-order valence-electron chi connectivity index (χ3n) is 15.4.